The predicted molar refractivity (Wildman–Crippen MR) is 88.6 cm³/mol. The van der Waals surface area contributed by atoms with Crippen molar-refractivity contribution in [1.82, 2.24) is 9.80 Å². The monoisotopic (exact) mass is 328 g/mol. The summed E-state index contributed by atoms with van der Waals surface area (Å²) in [6.45, 7) is 4.16. The van der Waals surface area contributed by atoms with E-state index in [1.807, 2.05) is 24.3 Å². The molecule has 1 aliphatic heterocycles. The van der Waals surface area contributed by atoms with Crippen LogP contribution in [0.5, 0.6) is 0 Å². The first-order chi connectivity index (χ1) is 11.7. The lowest BCUT2D eigenvalue weighted by Gasteiger charge is -2.34. The topological polar surface area (TPSA) is 63.0 Å². The molecule has 0 N–H and O–H groups in total. The Morgan fingerprint density at radius 2 is 1.71 bits per heavy atom. The Kier molecular flexibility index (Phi) is 4.84. The lowest BCUT2D eigenvalue weighted by molar-refractivity contribution is 0.0570. The number of ether oxygens (including phenoxy) is 1. The zero-order chi connectivity index (χ0) is 16.9. The molecule has 0 bridgehead atoms. The van der Waals surface area contributed by atoms with Crippen LogP contribution in [-0.4, -0.2) is 54.6 Å². The molecule has 2 amide bonds. The molecule has 2 aromatic rings. The van der Waals surface area contributed by atoms with Crippen molar-refractivity contribution in [3.63, 3.8) is 0 Å². The first kappa shape index (κ1) is 16.1. The van der Waals surface area contributed by atoms with E-state index < -0.39 is 0 Å². The van der Waals surface area contributed by atoms with Crippen LogP contribution in [0.15, 0.2) is 47.1 Å². The number of carbonyl (C=O) groups excluding carboxylic acids is 2. The molecule has 24 heavy (non-hydrogen) atoms. The van der Waals surface area contributed by atoms with E-state index in [0.717, 1.165) is 11.3 Å². The maximum atomic E-state index is 12.6. The summed E-state index contributed by atoms with van der Waals surface area (Å²) in [5, 5.41) is 0. The van der Waals surface area contributed by atoms with Gasteiger partial charge in [-0.15, -0.1) is 0 Å². The number of hydrogen-bond donors (Lipinski definition) is 0. The third kappa shape index (κ3) is 3.42. The molecule has 1 aromatic heterocycles. The molecule has 2 heterocycles. The van der Waals surface area contributed by atoms with Crippen molar-refractivity contribution in [3.05, 3.63) is 48.2 Å². The van der Waals surface area contributed by atoms with Crippen LogP contribution in [0.4, 0.5) is 4.79 Å². The minimum Gasteiger partial charge on any atom is -0.464 e. The largest absolute Gasteiger partial charge is 0.464 e. The number of rotatable bonds is 3. The van der Waals surface area contributed by atoms with Crippen molar-refractivity contribution < 1.29 is 18.7 Å². The van der Waals surface area contributed by atoms with Gasteiger partial charge in [0.2, 0.25) is 0 Å². The number of piperazine rings is 1. The quantitative estimate of drug-likeness (QED) is 0.869. The second kappa shape index (κ2) is 7.21. The minimum absolute atomic E-state index is 0.0236. The van der Waals surface area contributed by atoms with Crippen molar-refractivity contribution in [2.24, 2.45) is 0 Å². The second-order valence-electron chi connectivity index (χ2n) is 5.53. The predicted octanol–water partition coefficient (Wildman–Crippen LogP) is 2.86. The molecule has 6 heteroatoms. The highest BCUT2D eigenvalue weighted by molar-refractivity contribution is 5.94. The van der Waals surface area contributed by atoms with Crippen LogP contribution in [0.25, 0.3) is 11.3 Å². The van der Waals surface area contributed by atoms with Crippen molar-refractivity contribution in [3.8, 4) is 11.3 Å². The fourth-order valence-electron chi connectivity index (χ4n) is 2.71. The van der Waals surface area contributed by atoms with Gasteiger partial charge in [0.05, 0.1) is 12.9 Å². The molecule has 0 unspecified atom stereocenters. The van der Waals surface area contributed by atoms with Crippen LogP contribution in [-0.2, 0) is 4.74 Å². The summed E-state index contributed by atoms with van der Waals surface area (Å²) < 4.78 is 10.3. The molecule has 1 aliphatic rings. The summed E-state index contributed by atoms with van der Waals surface area (Å²) in [4.78, 5) is 27.6. The normalized spacial score (nSPS) is 14.5. The van der Waals surface area contributed by atoms with Crippen LogP contribution in [0.2, 0.25) is 0 Å². The summed E-state index contributed by atoms with van der Waals surface area (Å²) in [7, 11) is 0. The fourth-order valence-corrected chi connectivity index (χ4v) is 2.71. The summed E-state index contributed by atoms with van der Waals surface area (Å²) >= 11 is 0. The van der Waals surface area contributed by atoms with E-state index in [9.17, 15) is 9.59 Å². The average Bonchev–Trinajstić information content (AvgIpc) is 3.16. The molecule has 3 rings (SSSR count). The third-order valence-corrected chi connectivity index (χ3v) is 4.03. The van der Waals surface area contributed by atoms with Gasteiger partial charge in [-0.05, 0) is 31.2 Å². The van der Waals surface area contributed by atoms with Crippen LogP contribution in [0.3, 0.4) is 0 Å². The van der Waals surface area contributed by atoms with E-state index in [1.165, 1.54) is 0 Å². The Hall–Kier alpha value is -2.76. The number of furan rings is 1. The molecule has 0 radical (unpaired) electrons. The fraction of sp³-hybridized carbons (Fsp3) is 0.333. The van der Waals surface area contributed by atoms with Gasteiger partial charge in [-0.1, -0.05) is 12.1 Å². The van der Waals surface area contributed by atoms with Crippen LogP contribution in [0, 0.1) is 0 Å². The Balaban J connectivity index is 1.60. The summed E-state index contributed by atoms with van der Waals surface area (Å²) in [6.07, 6.45) is 1.31. The zero-order valence-electron chi connectivity index (χ0n) is 13.6. The van der Waals surface area contributed by atoms with Gasteiger partial charge in [0.25, 0.3) is 5.91 Å². The molecule has 1 aromatic carbocycles. The van der Waals surface area contributed by atoms with Gasteiger partial charge in [0, 0.05) is 37.3 Å². The molecular weight excluding hydrogens is 308 g/mol. The lowest BCUT2D eigenvalue weighted by Crippen LogP contribution is -2.50. The Labute approximate surface area is 140 Å². The Morgan fingerprint density at radius 1 is 1.04 bits per heavy atom. The van der Waals surface area contributed by atoms with Gasteiger partial charge >= 0.3 is 6.09 Å². The molecule has 6 nitrogen and oxygen atoms in total. The molecular formula is C18H20N2O4. The maximum absolute atomic E-state index is 12.6. The summed E-state index contributed by atoms with van der Waals surface area (Å²) in [5.41, 5.74) is 1.57. The third-order valence-electron chi connectivity index (χ3n) is 4.03. The number of hydrogen-bond acceptors (Lipinski definition) is 4. The second-order valence-corrected chi connectivity index (χ2v) is 5.53. The lowest BCUT2D eigenvalue weighted by atomic mass is 10.1. The van der Waals surface area contributed by atoms with Crippen molar-refractivity contribution in [1.29, 1.82) is 0 Å². The molecule has 0 spiro atoms. The molecule has 1 fully saturated rings. The van der Waals surface area contributed by atoms with Gasteiger partial charge in [0.15, 0.2) is 0 Å². The van der Waals surface area contributed by atoms with Gasteiger partial charge in [-0.2, -0.15) is 0 Å². The van der Waals surface area contributed by atoms with Gasteiger partial charge in [-0.3, -0.25) is 4.79 Å². The highest BCUT2D eigenvalue weighted by Crippen LogP contribution is 2.20. The smallest absolute Gasteiger partial charge is 0.409 e. The number of amides is 2. The average molecular weight is 328 g/mol. The van der Waals surface area contributed by atoms with E-state index in [1.54, 1.807) is 35.1 Å². The van der Waals surface area contributed by atoms with Crippen LogP contribution < -0.4 is 0 Å². The number of carbonyl (C=O) groups is 2. The van der Waals surface area contributed by atoms with E-state index in [2.05, 4.69) is 0 Å². The van der Waals surface area contributed by atoms with E-state index in [4.69, 9.17) is 9.15 Å². The van der Waals surface area contributed by atoms with Gasteiger partial charge in [0.1, 0.15) is 5.76 Å². The van der Waals surface area contributed by atoms with Crippen molar-refractivity contribution >= 4 is 12.0 Å². The molecule has 0 saturated carbocycles. The van der Waals surface area contributed by atoms with Gasteiger partial charge in [-0.25, -0.2) is 4.79 Å². The molecule has 1 saturated heterocycles. The van der Waals surface area contributed by atoms with Crippen LogP contribution in [0.1, 0.15) is 17.3 Å². The maximum Gasteiger partial charge on any atom is 0.409 e. The Bertz CT molecular complexity index is 686. The number of nitrogens with zero attached hydrogens (tertiary/aromatic N) is 2. The van der Waals surface area contributed by atoms with E-state index in [-0.39, 0.29) is 12.0 Å². The molecule has 126 valence electrons. The molecule has 0 aliphatic carbocycles. The highest BCUT2D eigenvalue weighted by atomic mass is 16.6. The van der Waals surface area contributed by atoms with Crippen molar-refractivity contribution in [2.75, 3.05) is 32.8 Å². The molecule has 0 atom stereocenters. The van der Waals surface area contributed by atoms with Crippen LogP contribution >= 0.6 is 0 Å². The number of benzene rings is 1. The SMILES string of the molecule is CCOC(=O)N1CCN(C(=O)c2ccc(-c3ccco3)cc2)CC1. The highest BCUT2D eigenvalue weighted by Gasteiger charge is 2.25. The van der Waals surface area contributed by atoms with E-state index >= 15 is 0 Å². The minimum atomic E-state index is -0.313. The standard InChI is InChI=1S/C18H20N2O4/c1-2-23-18(22)20-11-9-19(10-12-20)17(21)15-7-5-14(6-8-15)16-4-3-13-24-16/h3-8,13H,2,9-12H2,1H3. The summed E-state index contributed by atoms with van der Waals surface area (Å²) in [6, 6.07) is 11.1. The zero-order valence-corrected chi connectivity index (χ0v) is 13.6. The first-order valence-corrected chi connectivity index (χ1v) is 8.04. The Morgan fingerprint density at radius 3 is 2.29 bits per heavy atom. The van der Waals surface area contributed by atoms with E-state index in [0.29, 0.717) is 38.3 Å². The van der Waals surface area contributed by atoms with Crippen molar-refractivity contribution in [2.45, 2.75) is 6.92 Å². The summed E-state index contributed by atoms with van der Waals surface area (Å²) in [5.74, 6) is 0.751. The first-order valence-electron chi connectivity index (χ1n) is 8.04. The van der Waals surface area contributed by atoms with Gasteiger partial charge < -0.3 is 19.0 Å².